The lowest BCUT2D eigenvalue weighted by Gasteiger charge is -2.10. The summed E-state index contributed by atoms with van der Waals surface area (Å²) in [5.41, 5.74) is 3.57. The first-order chi connectivity index (χ1) is 9.10. The summed E-state index contributed by atoms with van der Waals surface area (Å²) in [6.45, 7) is 2.89. The van der Waals surface area contributed by atoms with Crippen LogP contribution < -0.4 is 10.1 Å². The van der Waals surface area contributed by atoms with Crippen LogP contribution in [0.1, 0.15) is 11.1 Å². The fourth-order valence-corrected chi connectivity index (χ4v) is 2.58. The second-order valence-electron chi connectivity index (χ2n) is 4.29. The molecule has 0 amide bonds. The van der Waals surface area contributed by atoms with Crippen molar-refractivity contribution in [3.05, 3.63) is 56.5 Å². The normalized spacial score (nSPS) is 10.3. The number of hydrogen-bond donors (Lipinski definition) is 1. The zero-order valence-electron chi connectivity index (χ0n) is 10.8. The zero-order chi connectivity index (χ0) is 13.8. The molecule has 19 heavy (non-hydrogen) atoms. The van der Waals surface area contributed by atoms with Crippen molar-refractivity contribution in [3.63, 3.8) is 0 Å². The van der Waals surface area contributed by atoms with Crippen LogP contribution in [0.4, 0.5) is 5.69 Å². The van der Waals surface area contributed by atoms with Crippen LogP contribution in [0, 0.1) is 6.92 Å². The van der Waals surface area contributed by atoms with E-state index in [1.165, 1.54) is 11.1 Å². The van der Waals surface area contributed by atoms with Crippen LogP contribution in [0.15, 0.2) is 45.3 Å². The van der Waals surface area contributed by atoms with Gasteiger partial charge in [-0.3, -0.25) is 0 Å². The highest BCUT2D eigenvalue weighted by Gasteiger charge is 2.02. The van der Waals surface area contributed by atoms with E-state index in [4.69, 9.17) is 4.74 Å². The van der Waals surface area contributed by atoms with Crippen molar-refractivity contribution in [1.82, 2.24) is 0 Å². The molecule has 0 aliphatic rings. The summed E-state index contributed by atoms with van der Waals surface area (Å²) in [4.78, 5) is 0. The van der Waals surface area contributed by atoms with Gasteiger partial charge in [0.05, 0.1) is 11.6 Å². The van der Waals surface area contributed by atoms with Gasteiger partial charge in [-0.15, -0.1) is 0 Å². The summed E-state index contributed by atoms with van der Waals surface area (Å²) >= 11 is 6.99. The maximum absolute atomic E-state index is 5.21. The molecule has 0 saturated carbocycles. The molecule has 4 heteroatoms. The molecule has 0 aliphatic carbocycles. The van der Waals surface area contributed by atoms with E-state index in [1.54, 1.807) is 7.11 Å². The van der Waals surface area contributed by atoms with Crippen molar-refractivity contribution in [1.29, 1.82) is 0 Å². The van der Waals surface area contributed by atoms with Crippen molar-refractivity contribution in [3.8, 4) is 5.75 Å². The minimum Gasteiger partial charge on any atom is -0.496 e. The summed E-state index contributed by atoms with van der Waals surface area (Å²) in [6.07, 6.45) is 0. The molecule has 0 unspecified atom stereocenters. The predicted octanol–water partition coefficient (Wildman–Crippen LogP) is 5.14. The van der Waals surface area contributed by atoms with Gasteiger partial charge < -0.3 is 10.1 Å². The van der Waals surface area contributed by atoms with E-state index in [2.05, 4.69) is 62.3 Å². The number of nitrogens with one attached hydrogen (secondary N) is 1. The van der Waals surface area contributed by atoms with Crippen molar-refractivity contribution in [2.45, 2.75) is 13.5 Å². The van der Waals surface area contributed by atoms with Gasteiger partial charge in [-0.1, -0.05) is 28.1 Å². The third-order valence-electron chi connectivity index (χ3n) is 2.87. The number of anilines is 1. The Morgan fingerprint density at radius 2 is 1.84 bits per heavy atom. The van der Waals surface area contributed by atoms with E-state index < -0.39 is 0 Å². The van der Waals surface area contributed by atoms with Crippen LogP contribution in [0.3, 0.4) is 0 Å². The summed E-state index contributed by atoms with van der Waals surface area (Å²) in [7, 11) is 1.66. The van der Waals surface area contributed by atoms with E-state index in [1.807, 2.05) is 18.2 Å². The molecule has 0 heterocycles. The van der Waals surface area contributed by atoms with Gasteiger partial charge in [0.2, 0.25) is 0 Å². The molecule has 2 aromatic carbocycles. The highest BCUT2D eigenvalue weighted by Crippen LogP contribution is 2.28. The molecule has 0 radical (unpaired) electrons. The number of rotatable bonds is 4. The fourth-order valence-electron chi connectivity index (χ4n) is 1.80. The number of aryl methyl sites for hydroxylation is 1. The smallest absolute Gasteiger partial charge is 0.133 e. The third kappa shape index (κ3) is 3.74. The molecule has 0 fully saturated rings. The third-order valence-corrected chi connectivity index (χ3v) is 4.38. The van der Waals surface area contributed by atoms with Crippen molar-refractivity contribution in [2.75, 3.05) is 12.4 Å². The van der Waals surface area contributed by atoms with Gasteiger partial charge >= 0.3 is 0 Å². The van der Waals surface area contributed by atoms with Crippen LogP contribution >= 0.6 is 31.9 Å². The Morgan fingerprint density at radius 3 is 2.47 bits per heavy atom. The minimum absolute atomic E-state index is 0.799. The van der Waals surface area contributed by atoms with Crippen molar-refractivity contribution in [2.24, 2.45) is 0 Å². The van der Waals surface area contributed by atoms with Crippen LogP contribution in [-0.4, -0.2) is 7.11 Å². The monoisotopic (exact) mass is 383 g/mol. The van der Waals surface area contributed by atoms with Gasteiger partial charge in [-0.25, -0.2) is 0 Å². The quantitative estimate of drug-likeness (QED) is 0.787. The average Bonchev–Trinajstić information content (AvgIpc) is 2.40. The van der Waals surface area contributed by atoms with Crippen molar-refractivity contribution >= 4 is 37.5 Å². The Hall–Kier alpha value is -1.000. The molecule has 0 bridgehead atoms. The Kier molecular flexibility index (Phi) is 4.88. The first-order valence-corrected chi connectivity index (χ1v) is 7.51. The second kappa shape index (κ2) is 6.44. The van der Waals surface area contributed by atoms with Gasteiger partial charge in [-0.2, -0.15) is 0 Å². The largest absolute Gasteiger partial charge is 0.496 e. The standard InChI is InChI=1S/C15H15Br2NO/c1-10-7-11(3-5-13(10)16)9-18-12-4-6-15(19-2)14(17)8-12/h3-8,18H,9H2,1-2H3. The zero-order valence-corrected chi connectivity index (χ0v) is 14.0. The maximum Gasteiger partial charge on any atom is 0.133 e. The Bertz CT molecular complexity index is 584. The lowest BCUT2D eigenvalue weighted by molar-refractivity contribution is 0.412. The molecule has 2 aromatic rings. The van der Waals surface area contributed by atoms with E-state index in [9.17, 15) is 0 Å². The summed E-state index contributed by atoms with van der Waals surface area (Å²) in [5.74, 6) is 0.838. The maximum atomic E-state index is 5.21. The predicted molar refractivity (Wildman–Crippen MR) is 86.9 cm³/mol. The molecule has 0 atom stereocenters. The summed E-state index contributed by atoms with van der Waals surface area (Å²) < 4.78 is 7.30. The Balaban J connectivity index is 2.05. The van der Waals surface area contributed by atoms with E-state index in [-0.39, 0.29) is 0 Å². The molecule has 2 rings (SSSR count). The first kappa shape index (κ1) is 14.4. The molecular formula is C15H15Br2NO. The molecular weight excluding hydrogens is 370 g/mol. The van der Waals surface area contributed by atoms with E-state index >= 15 is 0 Å². The van der Waals surface area contributed by atoms with E-state index in [0.29, 0.717) is 0 Å². The van der Waals surface area contributed by atoms with Crippen LogP contribution in [0.2, 0.25) is 0 Å². The van der Waals surface area contributed by atoms with Crippen LogP contribution in [-0.2, 0) is 6.54 Å². The van der Waals surface area contributed by atoms with Gasteiger partial charge in [0, 0.05) is 16.7 Å². The highest BCUT2D eigenvalue weighted by atomic mass is 79.9. The average molecular weight is 385 g/mol. The fraction of sp³-hybridized carbons (Fsp3) is 0.200. The highest BCUT2D eigenvalue weighted by molar-refractivity contribution is 9.10. The lowest BCUT2D eigenvalue weighted by Crippen LogP contribution is -2.00. The Labute approximate surface area is 130 Å². The topological polar surface area (TPSA) is 21.3 Å². The first-order valence-electron chi connectivity index (χ1n) is 5.92. The number of benzene rings is 2. The number of ether oxygens (including phenoxy) is 1. The Morgan fingerprint density at radius 1 is 1.05 bits per heavy atom. The minimum atomic E-state index is 0.799. The molecule has 0 spiro atoms. The SMILES string of the molecule is COc1ccc(NCc2ccc(Br)c(C)c2)cc1Br. The van der Waals surface area contributed by atoms with Gasteiger partial charge in [0.1, 0.15) is 5.75 Å². The molecule has 1 N–H and O–H groups in total. The van der Waals surface area contributed by atoms with Gasteiger partial charge in [0.25, 0.3) is 0 Å². The molecule has 2 nitrogen and oxygen atoms in total. The van der Waals surface area contributed by atoms with Crippen LogP contribution in [0.25, 0.3) is 0 Å². The summed E-state index contributed by atoms with van der Waals surface area (Å²) in [6, 6.07) is 12.3. The second-order valence-corrected chi connectivity index (χ2v) is 6.00. The summed E-state index contributed by atoms with van der Waals surface area (Å²) in [5, 5.41) is 3.40. The number of methoxy groups -OCH3 is 1. The van der Waals surface area contributed by atoms with Gasteiger partial charge in [0.15, 0.2) is 0 Å². The van der Waals surface area contributed by atoms with Crippen LogP contribution in [0.5, 0.6) is 5.75 Å². The van der Waals surface area contributed by atoms with Crippen molar-refractivity contribution < 1.29 is 4.74 Å². The molecule has 0 aromatic heterocycles. The molecule has 0 aliphatic heterocycles. The number of hydrogen-bond acceptors (Lipinski definition) is 2. The van der Waals surface area contributed by atoms with Gasteiger partial charge in [-0.05, 0) is 58.2 Å². The van der Waals surface area contributed by atoms with E-state index in [0.717, 1.165) is 26.9 Å². The number of halogens is 2. The lowest BCUT2D eigenvalue weighted by atomic mass is 10.1. The molecule has 100 valence electrons. The molecule has 0 saturated heterocycles.